The average Bonchev–Trinajstić information content (AvgIpc) is 1.27. The second kappa shape index (κ2) is 4.45. The van der Waals surface area contributed by atoms with Crippen LogP contribution >= 0.6 is 0 Å². The van der Waals surface area contributed by atoms with Gasteiger partial charge in [0.25, 0.3) is 0 Å². The van der Waals surface area contributed by atoms with E-state index in [0.717, 1.165) is 0 Å². The molecule has 0 spiro atoms. The van der Waals surface area contributed by atoms with Crippen molar-refractivity contribution in [2.75, 3.05) is 0 Å². The maximum atomic E-state index is 9.01. The monoisotopic (exact) mass is 301 g/mol. The molecule has 8 heteroatoms. The Bertz CT molecular complexity index is 87.5. The van der Waals surface area contributed by atoms with E-state index in [-0.39, 0.29) is 21.1 Å². The molecular formula is N3O4Pt-. The van der Waals surface area contributed by atoms with Crippen LogP contribution in [0.25, 0.3) is 5.53 Å². The molecule has 0 saturated carbocycles. The van der Waals surface area contributed by atoms with Crippen LogP contribution in [-0.4, -0.2) is 10.1 Å². The zero-order valence-electron chi connectivity index (χ0n) is 3.29. The number of hydrogen-bond acceptors (Lipinski definition) is 4. The van der Waals surface area contributed by atoms with Crippen molar-refractivity contribution in [1.29, 1.82) is 0 Å². The van der Waals surface area contributed by atoms with Gasteiger partial charge in [-0.2, -0.15) is 0 Å². The molecule has 0 rings (SSSR count). The third kappa shape index (κ3) is 8.99. The minimum Gasteiger partial charge on any atom is -0.264 e. The van der Waals surface area contributed by atoms with Crippen molar-refractivity contribution in [2.45, 2.75) is 0 Å². The molecule has 0 aliphatic rings. The van der Waals surface area contributed by atoms with E-state index in [9.17, 15) is 0 Å². The molecule has 0 saturated heterocycles. The minimum atomic E-state index is -1.38. The van der Waals surface area contributed by atoms with E-state index in [0.29, 0.717) is 0 Å². The first kappa shape index (κ1) is 10.3. The van der Waals surface area contributed by atoms with E-state index in [1.54, 1.807) is 5.53 Å². The van der Waals surface area contributed by atoms with Gasteiger partial charge in [-0.3, -0.25) is 20.2 Å². The minimum absolute atomic E-state index is 0. The Morgan fingerprint density at radius 1 is 1.12 bits per heavy atom. The van der Waals surface area contributed by atoms with Crippen molar-refractivity contribution < 1.29 is 31.1 Å². The van der Waals surface area contributed by atoms with E-state index < -0.39 is 10.1 Å². The van der Waals surface area contributed by atoms with Gasteiger partial charge >= 0.3 is 0 Å². The van der Waals surface area contributed by atoms with Crippen LogP contribution in [0.4, 0.5) is 0 Å². The van der Waals surface area contributed by atoms with Crippen molar-refractivity contribution in [3.05, 3.63) is 25.8 Å². The Hall–Kier alpha value is -0.712. The summed E-state index contributed by atoms with van der Waals surface area (Å²) in [6.45, 7) is 0. The molecule has 0 aromatic carbocycles. The smallest absolute Gasteiger partial charge is 0.0464 e. The maximum Gasteiger partial charge on any atom is 0.0464 e. The van der Waals surface area contributed by atoms with E-state index in [2.05, 4.69) is 0 Å². The molecule has 0 fully saturated rings. The van der Waals surface area contributed by atoms with Crippen LogP contribution in [0.2, 0.25) is 0 Å². The van der Waals surface area contributed by atoms with Crippen molar-refractivity contribution in [3.8, 4) is 0 Å². The van der Waals surface area contributed by atoms with Gasteiger partial charge in [0.1, 0.15) is 0 Å². The molecule has 0 bridgehead atoms. The third-order valence-corrected chi connectivity index (χ3v) is 0.146. The third-order valence-electron chi connectivity index (χ3n) is 0.146. The number of nitro groups is 2. The van der Waals surface area contributed by atoms with Crippen molar-refractivity contribution >= 4 is 0 Å². The number of rotatable bonds is 2. The second-order valence-electron chi connectivity index (χ2n) is 0.565. The molecule has 0 aliphatic heterocycles. The van der Waals surface area contributed by atoms with Crippen LogP contribution < -0.4 is 0 Å². The molecule has 0 radical (unpaired) electrons. The summed E-state index contributed by atoms with van der Waals surface area (Å²) >= 11 is 0. The Morgan fingerprint density at radius 2 is 1.38 bits per heavy atom. The molecule has 50 valence electrons. The largest absolute Gasteiger partial charge is 0.264 e. The first-order valence-electron chi connectivity index (χ1n) is 1.13. The molecule has 0 aromatic heterocycles. The normalized spacial score (nSPS) is 6.50. The van der Waals surface area contributed by atoms with Crippen LogP contribution in [0.15, 0.2) is 0 Å². The first-order valence-corrected chi connectivity index (χ1v) is 1.13. The molecule has 0 unspecified atom stereocenters. The molecule has 8 heavy (non-hydrogen) atoms. The van der Waals surface area contributed by atoms with Crippen molar-refractivity contribution in [3.63, 3.8) is 0 Å². The zero-order chi connectivity index (χ0) is 5.86. The maximum absolute atomic E-state index is 9.01. The van der Waals surface area contributed by atoms with Gasteiger partial charge < -0.3 is 0 Å². The standard InChI is InChI=1S/N3O4.Pt/c4-2(5)1-3(6)7;/q-1;. The van der Waals surface area contributed by atoms with Crippen molar-refractivity contribution in [2.24, 2.45) is 0 Å². The van der Waals surface area contributed by atoms with Gasteiger partial charge in [0.15, 0.2) is 0 Å². The van der Waals surface area contributed by atoms with Crippen LogP contribution in [0.3, 0.4) is 0 Å². The second-order valence-corrected chi connectivity index (χ2v) is 0.565. The van der Waals surface area contributed by atoms with Gasteiger partial charge in [-0.05, 0) is 5.53 Å². The van der Waals surface area contributed by atoms with Gasteiger partial charge in [-0.25, -0.2) is 0 Å². The summed E-state index contributed by atoms with van der Waals surface area (Å²) in [5.41, 5.74) is 1.72. The van der Waals surface area contributed by atoms with E-state index in [1.165, 1.54) is 0 Å². The molecule has 0 amide bonds. The Labute approximate surface area is 57.6 Å². The molecule has 0 aliphatic carbocycles. The summed E-state index contributed by atoms with van der Waals surface area (Å²) in [4.78, 5) is 18.0. The quantitative estimate of drug-likeness (QED) is 0.518. The predicted octanol–water partition coefficient (Wildman–Crippen LogP) is -0.259. The summed E-state index contributed by atoms with van der Waals surface area (Å²) in [5, 5.41) is 15.3. The van der Waals surface area contributed by atoms with Crippen LogP contribution in [0, 0.1) is 20.2 Å². The fourth-order valence-electron chi connectivity index (χ4n) is 0.0596. The molecule has 0 heterocycles. The van der Waals surface area contributed by atoms with Gasteiger partial charge in [-0.1, -0.05) is 0 Å². The fourth-order valence-corrected chi connectivity index (χ4v) is 0.0596. The Kier molecular flexibility index (Phi) is 5.73. The predicted molar refractivity (Wildman–Crippen MR) is 17.3 cm³/mol. The molecule has 0 N–H and O–H groups in total. The van der Waals surface area contributed by atoms with Crippen LogP contribution in [0.5, 0.6) is 0 Å². The topological polar surface area (TPSA) is 100 Å². The fraction of sp³-hybridized carbons (Fsp3) is 0. The molecular weight excluding hydrogens is 301 g/mol. The van der Waals surface area contributed by atoms with E-state index >= 15 is 0 Å². The molecule has 0 aromatic rings. The van der Waals surface area contributed by atoms with E-state index in [4.69, 9.17) is 20.2 Å². The Morgan fingerprint density at radius 3 is 1.38 bits per heavy atom. The summed E-state index contributed by atoms with van der Waals surface area (Å²) in [6, 6.07) is 0. The summed E-state index contributed by atoms with van der Waals surface area (Å²) in [7, 11) is 0. The zero-order valence-corrected chi connectivity index (χ0v) is 5.56. The van der Waals surface area contributed by atoms with Gasteiger partial charge in [-0.15, -0.1) is 0 Å². The summed E-state index contributed by atoms with van der Waals surface area (Å²) < 4.78 is 0. The number of hydrogen-bond donors (Lipinski definition) is 0. The van der Waals surface area contributed by atoms with Crippen LogP contribution in [0.1, 0.15) is 0 Å². The molecule has 0 atom stereocenters. The van der Waals surface area contributed by atoms with Gasteiger partial charge in [0.2, 0.25) is 0 Å². The van der Waals surface area contributed by atoms with Crippen LogP contribution in [-0.2, 0) is 21.1 Å². The van der Waals surface area contributed by atoms with Crippen molar-refractivity contribution in [1.82, 2.24) is 0 Å². The number of nitrogens with zero attached hydrogens (tertiary/aromatic N) is 3. The molecule has 7 nitrogen and oxygen atoms in total. The van der Waals surface area contributed by atoms with Gasteiger partial charge in [0, 0.05) is 31.1 Å². The van der Waals surface area contributed by atoms with Gasteiger partial charge in [0.05, 0.1) is 0 Å². The SMILES string of the molecule is O=[N+]([O-])[N-][N+](=O)[O-].[Pt]. The summed E-state index contributed by atoms with van der Waals surface area (Å²) in [6.07, 6.45) is 0. The first-order chi connectivity index (χ1) is 3.13. The van der Waals surface area contributed by atoms with E-state index in [1.807, 2.05) is 0 Å². The average molecular weight is 301 g/mol. The summed E-state index contributed by atoms with van der Waals surface area (Å²) in [5.74, 6) is 0. The Balaban J connectivity index is 0.